The lowest BCUT2D eigenvalue weighted by molar-refractivity contribution is 0.217. The molecule has 4 nitrogen and oxygen atoms in total. The number of rotatable bonds is 5. The first kappa shape index (κ1) is 17.7. The predicted molar refractivity (Wildman–Crippen MR) is 107 cm³/mol. The van der Waals surface area contributed by atoms with Crippen LogP contribution in [0.4, 0.5) is 0 Å². The minimum absolute atomic E-state index is 0.232. The zero-order valence-corrected chi connectivity index (χ0v) is 16.0. The number of hydrogen-bond acceptors (Lipinski definition) is 3. The molecule has 0 radical (unpaired) electrons. The zero-order chi connectivity index (χ0) is 18.6. The van der Waals surface area contributed by atoms with E-state index in [-0.39, 0.29) is 6.04 Å². The van der Waals surface area contributed by atoms with Gasteiger partial charge in [-0.3, -0.25) is 4.90 Å². The largest absolute Gasteiger partial charge is 0.497 e. The molecule has 0 amide bonds. The number of benzene rings is 2. The molecular weight excluding hydrogens is 336 g/mol. The van der Waals surface area contributed by atoms with E-state index in [1.165, 1.54) is 16.8 Å². The molecular formula is C23H26N2O2. The topological polar surface area (TPSA) is 26.6 Å². The molecule has 140 valence electrons. The molecule has 0 aliphatic carbocycles. The number of methoxy groups -OCH3 is 2. The molecule has 2 aromatic carbocycles. The van der Waals surface area contributed by atoms with Crippen LogP contribution < -0.4 is 9.47 Å². The first-order valence-electron chi connectivity index (χ1n) is 9.45. The molecule has 1 aliphatic rings. The quantitative estimate of drug-likeness (QED) is 0.668. The Morgan fingerprint density at radius 3 is 2.56 bits per heavy atom. The van der Waals surface area contributed by atoms with E-state index in [2.05, 4.69) is 64.2 Å². The van der Waals surface area contributed by atoms with Gasteiger partial charge in [0.1, 0.15) is 11.5 Å². The van der Waals surface area contributed by atoms with Gasteiger partial charge in [-0.1, -0.05) is 36.4 Å². The Morgan fingerprint density at radius 2 is 1.78 bits per heavy atom. The molecule has 27 heavy (non-hydrogen) atoms. The van der Waals surface area contributed by atoms with Gasteiger partial charge in [-0.2, -0.15) is 0 Å². The second kappa shape index (κ2) is 7.89. The third kappa shape index (κ3) is 3.58. The lowest BCUT2D eigenvalue weighted by Gasteiger charge is -2.31. The van der Waals surface area contributed by atoms with E-state index in [0.717, 1.165) is 37.6 Å². The highest BCUT2D eigenvalue weighted by Crippen LogP contribution is 2.35. The summed E-state index contributed by atoms with van der Waals surface area (Å²) in [5, 5.41) is 0. The van der Waals surface area contributed by atoms with Crippen molar-refractivity contribution < 1.29 is 9.47 Å². The van der Waals surface area contributed by atoms with Crippen molar-refractivity contribution in [3.05, 3.63) is 83.7 Å². The summed E-state index contributed by atoms with van der Waals surface area (Å²) < 4.78 is 13.4. The molecule has 1 atom stereocenters. The lowest BCUT2D eigenvalue weighted by atomic mass is 10.0. The lowest BCUT2D eigenvalue weighted by Crippen LogP contribution is -2.29. The van der Waals surface area contributed by atoms with Crippen LogP contribution in [0.2, 0.25) is 0 Å². The highest BCUT2D eigenvalue weighted by Gasteiger charge is 2.27. The molecule has 0 bridgehead atoms. The first-order chi connectivity index (χ1) is 13.3. The Hall–Kier alpha value is -2.72. The second-order valence-electron chi connectivity index (χ2n) is 6.94. The summed E-state index contributed by atoms with van der Waals surface area (Å²) >= 11 is 0. The van der Waals surface area contributed by atoms with Crippen LogP contribution in [-0.4, -0.2) is 30.2 Å². The number of aryl methyl sites for hydroxylation is 1. The molecule has 3 aromatic rings. The number of aromatic nitrogens is 1. The summed E-state index contributed by atoms with van der Waals surface area (Å²) in [4.78, 5) is 2.55. The summed E-state index contributed by atoms with van der Waals surface area (Å²) in [6.45, 7) is 2.93. The van der Waals surface area contributed by atoms with Gasteiger partial charge in [0, 0.05) is 43.2 Å². The van der Waals surface area contributed by atoms with E-state index >= 15 is 0 Å². The van der Waals surface area contributed by atoms with Crippen LogP contribution in [0.15, 0.2) is 66.9 Å². The minimum atomic E-state index is 0.232. The summed E-state index contributed by atoms with van der Waals surface area (Å²) in [7, 11) is 3.41. The Labute approximate surface area is 161 Å². The van der Waals surface area contributed by atoms with Gasteiger partial charge in [-0.05, 0) is 30.2 Å². The Bertz CT molecular complexity index is 888. The van der Waals surface area contributed by atoms with Crippen LogP contribution in [-0.2, 0) is 13.1 Å². The fourth-order valence-electron chi connectivity index (χ4n) is 4.03. The average Bonchev–Trinajstić information content (AvgIpc) is 3.10. The van der Waals surface area contributed by atoms with Crippen molar-refractivity contribution in [2.45, 2.75) is 25.6 Å². The molecule has 0 saturated heterocycles. The Morgan fingerprint density at radius 1 is 0.926 bits per heavy atom. The number of hydrogen-bond donors (Lipinski definition) is 0. The zero-order valence-electron chi connectivity index (χ0n) is 16.0. The fraction of sp³-hybridized carbons (Fsp3) is 0.304. The van der Waals surface area contributed by atoms with E-state index in [1.807, 2.05) is 12.1 Å². The van der Waals surface area contributed by atoms with Crippen LogP contribution in [0.25, 0.3) is 0 Å². The minimum Gasteiger partial charge on any atom is -0.497 e. The third-order valence-electron chi connectivity index (χ3n) is 5.34. The Balaban J connectivity index is 1.72. The van der Waals surface area contributed by atoms with Crippen molar-refractivity contribution in [3.63, 3.8) is 0 Å². The summed E-state index contributed by atoms with van der Waals surface area (Å²) in [5.74, 6) is 1.70. The van der Waals surface area contributed by atoms with Crippen molar-refractivity contribution in [2.75, 3.05) is 20.8 Å². The van der Waals surface area contributed by atoms with Crippen molar-refractivity contribution in [1.82, 2.24) is 9.47 Å². The molecule has 0 saturated carbocycles. The van der Waals surface area contributed by atoms with Gasteiger partial charge in [0.2, 0.25) is 0 Å². The van der Waals surface area contributed by atoms with Gasteiger partial charge in [-0.25, -0.2) is 0 Å². The molecule has 4 rings (SSSR count). The van der Waals surface area contributed by atoms with E-state index in [0.29, 0.717) is 0 Å². The van der Waals surface area contributed by atoms with Crippen LogP contribution in [0.5, 0.6) is 11.5 Å². The second-order valence-corrected chi connectivity index (χ2v) is 6.94. The monoisotopic (exact) mass is 362 g/mol. The number of ether oxygens (including phenoxy) is 2. The smallest absolute Gasteiger partial charge is 0.127 e. The fourth-order valence-corrected chi connectivity index (χ4v) is 4.03. The average molecular weight is 362 g/mol. The normalized spacial score (nSPS) is 17.2. The van der Waals surface area contributed by atoms with Crippen LogP contribution in [0.1, 0.15) is 29.3 Å². The van der Waals surface area contributed by atoms with Crippen molar-refractivity contribution in [3.8, 4) is 11.5 Å². The highest BCUT2D eigenvalue weighted by molar-refractivity contribution is 5.41. The molecule has 2 heterocycles. The van der Waals surface area contributed by atoms with Gasteiger partial charge in [0.05, 0.1) is 20.3 Å². The standard InChI is InChI=1S/C23H26N2O2/c1-26-20-12-11-19(22(16-20)27-2)17-25-15-7-14-24-13-6-10-21(24)23(25)18-8-4-3-5-9-18/h3-6,8-13,16,23H,7,14-15,17H2,1-2H3/t23-/m0/s1. The maximum absolute atomic E-state index is 5.64. The van der Waals surface area contributed by atoms with Gasteiger partial charge < -0.3 is 14.0 Å². The maximum atomic E-state index is 5.64. The summed E-state index contributed by atoms with van der Waals surface area (Å²) in [6, 6.07) is 21.5. The maximum Gasteiger partial charge on any atom is 0.127 e. The van der Waals surface area contributed by atoms with Gasteiger partial charge in [0.25, 0.3) is 0 Å². The molecule has 0 fully saturated rings. The Kier molecular flexibility index (Phi) is 5.16. The predicted octanol–water partition coefficient (Wildman–Crippen LogP) is 4.50. The molecule has 0 unspecified atom stereocenters. The van der Waals surface area contributed by atoms with Gasteiger partial charge in [-0.15, -0.1) is 0 Å². The van der Waals surface area contributed by atoms with Crippen molar-refractivity contribution in [2.24, 2.45) is 0 Å². The highest BCUT2D eigenvalue weighted by atomic mass is 16.5. The first-order valence-corrected chi connectivity index (χ1v) is 9.45. The van der Waals surface area contributed by atoms with E-state index in [9.17, 15) is 0 Å². The molecule has 0 spiro atoms. The molecule has 1 aliphatic heterocycles. The summed E-state index contributed by atoms with van der Waals surface area (Å²) in [6.07, 6.45) is 3.33. The van der Waals surface area contributed by atoms with Crippen molar-refractivity contribution >= 4 is 0 Å². The van der Waals surface area contributed by atoms with E-state index in [1.54, 1.807) is 14.2 Å². The number of fused-ring (bicyclic) bond motifs is 1. The van der Waals surface area contributed by atoms with Crippen LogP contribution >= 0.6 is 0 Å². The summed E-state index contributed by atoms with van der Waals surface area (Å²) in [5.41, 5.74) is 3.86. The SMILES string of the molecule is COc1ccc(CN2CCCn3cccc3[C@@H]2c2ccccc2)c(OC)c1. The molecule has 1 aromatic heterocycles. The van der Waals surface area contributed by atoms with Gasteiger partial charge >= 0.3 is 0 Å². The molecule has 0 N–H and O–H groups in total. The molecule has 4 heteroatoms. The number of nitrogens with zero attached hydrogens (tertiary/aromatic N) is 2. The van der Waals surface area contributed by atoms with Gasteiger partial charge in [0.15, 0.2) is 0 Å². The van der Waals surface area contributed by atoms with Crippen LogP contribution in [0, 0.1) is 0 Å². The van der Waals surface area contributed by atoms with Crippen LogP contribution in [0.3, 0.4) is 0 Å². The van der Waals surface area contributed by atoms with E-state index < -0.39 is 0 Å². The van der Waals surface area contributed by atoms with E-state index in [4.69, 9.17) is 9.47 Å². The third-order valence-corrected chi connectivity index (χ3v) is 5.34. The van der Waals surface area contributed by atoms with Crippen molar-refractivity contribution in [1.29, 1.82) is 0 Å².